The van der Waals surface area contributed by atoms with Gasteiger partial charge < -0.3 is 10.4 Å². The second kappa shape index (κ2) is 8.65. The molecule has 5 rings (SSSR count). The van der Waals surface area contributed by atoms with E-state index in [2.05, 4.69) is 22.2 Å². The summed E-state index contributed by atoms with van der Waals surface area (Å²) in [6.45, 7) is 0. The van der Waals surface area contributed by atoms with Gasteiger partial charge in [0, 0.05) is 11.6 Å². The molecule has 0 unspecified atom stereocenters. The molecule has 0 saturated carbocycles. The molecule has 0 spiro atoms. The molecule has 1 heterocycles. The third-order valence-electron chi connectivity index (χ3n) is 6.36. The molecular weight excluding hydrogens is 495 g/mol. The quantitative estimate of drug-likeness (QED) is 0.346. The molecule has 174 valence electrons. The van der Waals surface area contributed by atoms with E-state index in [1.807, 2.05) is 12.1 Å². The van der Waals surface area contributed by atoms with Crippen molar-refractivity contribution in [1.82, 2.24) is 0 Å². The number of nitrogens with one attached hydrogen (secondary N) is 2. The van der Waals surface area contributed by atoms with Crippen LogP contribution >= 0.6 is 23.2 Å². The molecule has 2 aliphatic rings. The molecule has 6 nitrogen and oxygen atoms in total. The van der Waals surface area contributed by atoms with Crippen molar-refractivity contribution in [2.24, 2.45) is 5.92 Å². The number of allylic oxidation sites excluding steroid dienone is 2. The maximum absolute atomic E-state index is 13.1. The van der Waals surface area contributed by atoms with Gasteiger partial charge in [-0.3, -0.25) is 4.72 Å². The van der Waals surface area contributed by atoms with Crippen LogP contribution in [0.15, 0.2) is 77.7 Å². The summed E-state index contributed by atoms with van der Waals surface area (Å²) >= 11 is 12.2. The van der Waals surface area contributed by atoms with Gasteiger partial charge in [-0.15, -0.1) is 0 Å². The van der Waals surface area contributed by atoms with Crippen LogP contribution < -0.4 is 10.0 Å². The Hall–Kier alpha value is -3.00. The van der Waals surface area contributed by atoms with Crippen molar-refractivity contribution in [2.75, 3.05) is 10.0 Å². The highest BCUT2D eigenvalue weighted by molar-refractivity contribution is 7.92. The number of hydrogen-bond donors (Lipinski definition) is 3. The van der Waals surface area contributed by atoms with Gasteiger partial charge in [-0.25, -0.2) is 13.2 Å². The zero-order chi connectivity index (χ0) is 24.0. The third-order valence-corrected chi connectivity index (χ3v) is 8.54. The Morgan fingerprint density at radius 2 is 1.82 bits per heavy atom. The van der Waals surface area contributed by atoms with Crippen LogP contribution in [0.25, 0.3) is 0 Å². The second-order valence-electron chi connectivity index (χ2n) is 8.36. The maximum Gasteiger partial charge on any atom is 0.335 e. The van der Waals surface area contributed by atoms with E-state index in [0.29, 0.717) is 0 Å². The lowest BCUT2D eigenvalue weighted by atomic mass is 9.77. The summed E-state index contributed by atoms with van der Waals surface area (Å²) in [5.74, 6) is -0.753. The molecule has 34 heavy (non-hydrogen) atoms. The minimum absolute atomic E-state index is 0.0267. The van der Waals surface area contributed by atoms with Gasteiger partial charge in [-0.05, 0) is 65.9 Å². The first-order chi connectivity index (χ1) is 16.2. The maximum atomic E-state index is 13.1. The van der Waals surface area contributed by atoms with E-state index in [0.717, 1.165) is 23.2 Å². The van der Waals surface area contributed by atoms with Crippen LogP contribution in [0.3, 0.4) is 0 Å². The van der Waals surface area contributed by atoms with Crippen LogP contribution in [0.5, 0.6) is 0 Å². The Balaban J connectivity index is 1.47. The molecule has 1 aliphatic carbocycles. The van der Waals surface area contributed by atoms with Crippen LogP contribution in [0, 0.1) is 5.92 Å². The van der Waals surface area contributed by atoms with Crippen LogP contribution in [-0.4, -0.2) is 19.5 Å². The SMILES string of the molecule is O=C(O)c1ccc([C@H]2Nc3ccc(S(=O)(=O)Nc4cccc(Cl)c4Cl)cc3[C@H]3C=CC[C@H]32)cc1. The lowest BCUT2D eigenvalue weighted by Crippen LogP contribution is -2.29. The molecule has 0 radical (unpaired) electrons. The number of aromatic carboxylic acids is 1. The molecule has 0 aromatic heterocycles. The molecule has 3 aromatic carbocycles. The van der Waals surface area contributed by atoms with Crippen LogP contribution in [-0.2, 0) is 10.0 Å². The van der Waals surface area contributed by atoms with Gasteiger partial charge in [0.15, 0.2) is 0 Å². The van der Waals surface area contributed by atoms with Crippen molar-refractivity contribution < 1.29 is 18.3 Å². The fourth-order valence-electron chi connectivity index (χ4n) is 4.69. The first-order valence-electron chi connectivity index (χ1n) is 10.6. The van der Waals surface area contributed by atoms with Crippen molar-refractivity contribution in [1.29, 1.82) is 0 Å². The minimum atomic E-state index is -3.89. The molecule has 1 aliphatic heterocycles. The predicted octanol–water partition coefficient (Wildman–Crippen LogP) is 6.32. The number of hydrogen-bond acceptors (Lipinski definition) is 4. The Kier molecular flexibility index (Phi) is 5.80. The van der Waals surface area contributed by atoms with Gasteiger partial charge in [-0.2, -0.15) is 0 Å². The Morgan fingerprint density at radius 1 is 1.06 bits per heavy atom. The number of benzene rings is 3. The first kappa shape index (κ1) is 22.8. The van der Waals surface area contributed by atoms with E-state index in [1.54, 1.807) is 48.5 Å². The van der Waals surface area contributed by atoms with E-state index in [4.69, 9.17) is 23.2 Å². The molecule has 9 heteroatoms. The summed E-state index contributed by atoms with van der Waals surface area (Å²) in [7, 11) is -3.89. The van der Waals surface area contributed by atoms with Gasteiger partial charge in [0.1, 0.15) is 0 Å². The minimum Gasteiger partial charge on any atom is -0.478 e. The number of rotatable bonds is 5. The van der Waals surface area contributed by atoms with Gasteiger partial charge in [0.05, 0.1) is 32.2 Å². The largest absolute Gasteiger partial charge is 0.478 e. The fourth-order valence-corrected chi connectivity index (χ4v) is 6.20. The number of carboxylic acid groups (broad SMARTS) is 1. The Bertz CT molecular complexity index is 1420. The highest BCUT2D eigenvalue weighted by Gasteiger charge is 2.38. The summed E-state index contributed by atoms with van der Waals surface area (Å²) < 4.78 is 28.8. The van der Waals surface area contributed by atoms with Crippen molar-refractivity contribution >= 4 is 50.6 Å². The molecule has 0 bridgehead atoms. The number of fused-ring (bicyclic) bond motifs is 3. The standard InChI is InChI=1S/C25H20Cl2N2O4S/c26-20-5-2-6-22(23(20)27)29-34(32,33)16-11-12-21-19(13-16)17-3-1-4-18(17)24(28-21)14-7-9-15(10-8-14)25(30)31/h1-3,5-13,17-18,24,28-29H,4H2,(H,30,31)/t17-,18+,24+/m0/s1. The molecule has 3 aromatic rings. The average Bonchev–Trinajstić information content (AvgIpc) is 3.31. The molecule has 0 saturated heterocycles. The highest BCUT2D eigenvalue weighted by atomic mass is 35.5. The number of carboxylic acids is 1. The van der Waals surface area contributed by atoms with E-state index < -0.39 is 16.0 Å². The average molecular weight is 515 g/mol. The number of anilines is 2. The zero-order valence-electron chi connectivity index (χ0n) is 17.7. The molecular formula is C25H20Cl2N2O4S. The van der Waals surface area contributed by atoms with E-state index in [-0.39, 0.29) is 44.1 Å². The van der Waals surface area contributed by atoms with Crippen LogP contribution in [0.1, 0.15) is 39.9 Å². The van der Waals surface area contributed by atoms with E-state index in [9.17, 15) is 18.3 Å². The summed E-state index contributed by atoms with van der Waals surface area (Å²) in [5, 5.41) is 13.1. The number of carbonyl (C=O) groups is 1. The molecule has 3 N–H and O–H groups in total. The summed E-state index contributed by atoms with van der Waals surface area (Å²) in [4.78, 5) is 11.3. The van der Waals surface area contributed by atoms with Crippen LogP contribution in [0.2, 0.25) is 10.0 Å². The van der Waals surface area contributed by atoms with Crippen molar-refractivity contribution in [2.45, 2.75) is 23.3 Å². The van der Waals surface area contributed by atoms with Gasteiger partial charge >= 0.3 is 5.97 Å². The lowest BCUT2D eigenvalue weighted by molar-refractivity contribution is 0.0697. The van der Waals surface area contributed by atoms with Crippen LogP contribution in [0.4, 0.5) is 11.4 Å². The normalized spacial score (nSPS) is 20.8. The zero-order valence-corrected chi connectivity index (χ0v) is 20.0. The summed E-state index contributed by atoms with van der Waals surface area (Å²) in [6.07, 6.45) is 5.05. The highest BCUT2D eigenvalue weighted by Crippen LogP contribution is 2.50. The topological polar surface area (TPSA) is 95.5 Å². The fraction of sp³-hybridized carbons (Fsp3) is 0.160. The predicted molar refractivity (Wildman–Crippen MR) is 133 cm³/mol. The Morgan fingerprint density at radius 3 is 2.56 bits per heavy atom. The second-order valence-corrected chi connectivity index (χ2v) is 10.8. The van der Waals surface area contributed by atoms with Gasteiger partial charge in [0.2, 0.25) is 0 Å². The smallest absolute Gasteiger partial charge is 0.335 e. The van der Waals surface area contributed by atoms with Crippen molar-refractivity contribution in [3.63, 3.8) is 0 Å². The monoisotopic (exact) mass is 514 g/mol. The van der Waals surface area contributed by atoms with Crippen molar-refractivity contribution in [3.05, 3.63) is 99.6 Å². The van der Waals surface area contributed by atoms with Crippen molar-refractivity contribution in [3.8, 4) is 0 Å². The van der Waals surface area contributed by atoms with Gasteiger partial charge in [-0.1, -0.05) is 53.6 Å². The van der Waals surface area contributed by atoms with E-state index >= 15 is 0 Å². The molecule has 0 amide bonds. The number of sulfonamides is 1. The van der Waals surface area contributed by atoms with Gasteiger partial charge in [0.25, 0.3) is 10.0 Å². The first-order valence-corrected chi connectivity index (χ1v) is 12.9. The van der Waals surface area contributed by atoms with E-state index in [1.165, 1.54) is 0 Å². The summed E-state index contributed by atoms with van der Waals surface area (Å²) in [5.41, 5.74) is 3.19. The lowest BCUT2D eigenvalue weighted by Gasteiger charge is -2.37. The molecule has 0 fully saturated rings. The number of halogens is 2. The molecule has 3 atom stereocenters. The Labute approximate surface area is 207 Å². The summed E-state index contributed by atoms with van der Waals surface area (Å²) in [6, 6.07) is 16.6. The third kappa shape index (κ3) is 4.04.